The van der Waals surface area contributed by atoms with E-state index in [4.69, 9.17) is 4.74 Å². The lowest BCUT2D eigenvalue weighted by Gasteiger charge is -2.13. The van der Waals surface area contributed by atoms with Crippen molar-refractivity contribution in [3.63, 3.8) is 0 Å². The summed E-state index contributed by atoms with van der Waals surface area (Å²) in [7, 11) is 1.80. The summed E-state index contributed by atoms with van der Waals surface area (Å²) in [5, 5.41) is 10.1. The van der Waals surface area contributed by atoms with Crippen LogP contribution in [0.15, 0.2) is 54.9 Å². The molecule has 0 aliphatic rings. The Balaban J connectivity index is 1.67. The minimum absolute atomic E-state index is 0.0957. The molecule has 0 fully saturated rings. The van der Waals surface area contributed by atoms with E-state index in [1.807, 2.05) is 36.4 Å². The highest BCUT2D eigenvalue weighted by atomic mass is 16.5. The normalized spacial score (nSPS) is 11.1. The number of rotatable bonds is 5. The van der Waals surface area contributed by atoms with Gasteiger partial charge in [0.1, 0.15) is 18.2 Å². The molecule has 0 spiro atoms. The molecule has 0 bridgehead atoms. The Morgan fingerprint density at radius 2 is 1.82 bits per heavy atom. The fourth-order valence-electron chi connectivity index (χ4n) is 2.56. The molecule has 0 aliphatic heterocycles. The second kappa shape index (κ2) is 8.12. The third-order valence-corrected chi connectivity index (χ3v) is 4.17. The van der Waals surface area contributed by atoms with Crippen LogP contribution >= 0.6 is 0 Å². The molecule has 2 N–H and O–H groups in total. The van der Waals surface area contributed by atoms with E-state index in [9.17, 15) is 4.79 Å². The number of hydrogen-bond acceptors (Lipinski definition) is 4. The van der Waals surface area contributed by atoms with E-state index in [1.165, 1.54) is 0 Å². The highest BCUT2D eigenvalue weighted by Gasteiger charge is 2.20. The molecule has 7 nitrogen and oxygen atoms in total. The first-order chi connectivity index (χ1) is 13.3. The Hall–Kier alpha value is -3.35. The van der Waals surface area contributed by atoms with Crippen LogP contribution in [0.1, 0.15) is 32.0 Å². The van der Waals surface area contributed by atoms with E-state index in [2.05, 4.69) is 41.5 Å². The van der Waals surface area contributed by atoms with Crippen LogP contribution in [0.4, 0.5) is 16.3 Å². The summed E-state index contributed by atoms with van der Waals surface area (Å²) in [6, 6.07) is 12.6. The molecule has 146 valence electrons. The zero-order valence-electron chi connectivity index (χ0n) is 16.6. The van der Waals surface area contributed by atoms with Crippen molar-refractivity contribution in [2.75, 3.05) is 10.6 Å². The van der Waals surface area contributed by atoms with Gasteiger partial charge in [0.2, 0.25) is 0 Å². The first-order valence-corrected chi connectivity index (χ1v) is 9.06. The molecule has 2 aromatic heterocycles. The number of ether oxygens (including phenoxy) is 1. The summed E-state index contributed by atoms with van der Waals surface area (Å²) >= 11 is 0. The maximum Gasteiger partial charge on any atom is 0.324 e. The van der Waals surface area contributed by atoms with E-state index < -0.39 is 0 Å². The Kier molecular flexibility index (Phi) is 5.63. The van der Waals surface area contributed by atoms with Crippen LogP contribution in [0.3, 0.4) is 0 Å². The van der Waals surface area contributed by atoms with Gasteiger partial charge in [0, 0.05) is 30.9 Å². The van der Waals surface area contributed by atoms with Crippen LogP contribution < -0.4 is 15.4 Å². The van der Waals surface area contributed by atoms with Crippen LogP contribution in [0.25, 0.3) is 0 Å². The topological polar surface area (TPSA) is 81.1 Å². The standard InChI is InChI=1S/C21H25N5O2/c1-21(2,3)18-13-19(26(4)25-18)24-20(27)23-16-7-5-6-8-17(16)28-14-15-9-11-22-12-10-15/h5-13H,14H2,1-4H3,(H2,23,24,27). The Bertz CT molecular complexity index is 945. The molecule has 1 aromatic carbocycles. The number of amides is 2. The van der Waals surface area contributed by atoms with Gasteiger partial charge in [0.05, 0.1) is 11.4 Å². The number of nitrogens with zero attached hydrogens (tertiary/aromatic N) is 3. The maximum atomic E-state index is 12.5. The Morgan fingerprint density at radius 1 is 1.11 bits per heavy atom. The summed E-state index contributed by atoms with van der Waals surface area (Å²) in [4.78, 5) is 16.5. The van der Waals surface area contributed by atoms with Gasteiger partial charge in [0.25, 0.3) is 0 Å². The number of pyridine rings is 1. The van der Waals surface area contributed by atoms with E-state index in [1.54, 1.807) is 30.2 Å². The van der Waals surface area contributed by atoms with Gasteiger partial charge in [-0.05, 0) is 29.8 Å². The van der Waals surface area contributed by atoms with Crippen molar-refractivity contribution in [3.8, 4) is 5.75 Å². The van der Waals surface area contributed by atoms with E-state index in [0.29, 0.717) is 23.9 Å². The molecule has 0 saturated carbocycles. The predicted octanol–water partition coefficient (Wildman–Crippen LogP) is 4.34. The second-order valence-corrected chi connectivity index (χ2v) is 7.51. The predicted molar refractivity (Wildman–Crippen MR) is 110 cm³/mol. The summed E-state index contributed by atoms with van der Waals surface area (Å²) in [5.74, 6) is 1.22. The molecule has 7 heteroatoms. The number of para-hydroxylation sites is 2. The molecule has 0 radical (unpaired) electrons. The minimum atomic E-state index is -0.358. The number of carbonyl (C=O) groups is 1. The molecule has 28 heavy (non-hydrogen) atoms. The SMILES string of the molecule is Cn1nc(C(C)(C)C)cc1NC(=O)Nc1ccccc1OCc1ccncc1. The molecule has 0 aliphatic carbocycles. The van der Waals surface area contributed by atoms with Crippen molar-refractivity contribution in [1.82, 2.24) is 14.8 Å². The first kappa shape index (κ1) is 19.4. The van der Waals surface area contributed by atoms with Gasteiger partial charge in [-0.15, -0.1) is 0 Å². The van der Waals surface area contributed by atoms with Crippen LogP contribution in [0.5, 0.6) is 5.75 Å². The smallest absolute Gasteiger partial charge is 0.324 e. The number of aromatic nitrogens is 3. The van der Waals surface area contributed by atoms with Crippen molar-refractivity contribution >= 4 is 17.5 Å². The number of urea groups is 1. The summed E-state index contributed by atoms with van der Waals surface area (Å²) < 4.78 is 7.52. The van der Waals surface area contributed by atoms with Gasteiger partial charge in [-0.2, -0.15) is 5.10 Å². The highest BCUT2D eigenvalue weighted by molar-refractivity contribution is 6.00. The lowest BCUT2D eigenvalue weighted by molar-refractivity contribution is 0.261. The molecule has 3 aromatic rings. The van der Waals surface area contributed by atoms with Gasteiger partial charge in [-0.25, -0.2) is 4.79 Å². The monoisotopic (exact) mass is 379 g/mol. The summed E-state index contributed by atoms with van der Waals surface area (Å²) in [6.07, 6.45) is 3.44. The highest BCUT2D eigenvalue weighted by Crippen LogP contribution is 2.26. The van der Waals surface area contributed by atoms with Crippen LogP contribution in [-0.4, -0.2) is 20.8 Å². The number of carbonyl (C=O) groups excluding carboxylic acids is 1. The fraction of sp³-hybridized carbons (Fsp3) is 0.286. The van der Waals surface area contributed by atoms with Crippen LogP contribution in [-0.2, 0) is 19.1 Å². The third-order valence-electron chi connectivity index (χ3n) is 4.17. The van der Waals surface area contributed by atoms with Crippen molar-refractivity contribution in [3.05, 3.63) is 66.1 Å². The van der Waals surface area contributed by atoms with E-state index >= 15 is 0 Å². The molecule has 3 rings (SSSR count). The number of benzene rings is 1. The molecular formula is C21H25N5O2. The average molecular weight is 379 g/mol. The number of nitrogens with one attached hydrogen (secondary N) is 2. The molecule has 0 atom stereocenters. The fourth-order valence-corrected chi connectivity index (χ4v) is 2.56. The average Bonchev–Trinajstić information content (AvgIpc) is 3.03. The Morgan fingerprint density at radius 3 is 2.50 bits per heavy atom. The van der Waals surface area contributed by atoms with Crippen LogP contribution in [0, 0.1) is 0 Å². The molecule has 0 saturated heterocycles. The van der Waals surface area contributed by atoms with Crippen molar-refractivity contribution in [2.24, 2.45) is 7.05 Å². The van der Waals surface area contributed by atoms with E-state index in [-0.39, 0.29) is 11.4 Å². The lowest BCUT2D eigenvalue weighted by Crippen LogP contribution is -2.21. The zero-order chi connectivity index (χ0) is 20.1. The number of hydrogen-bond donors (Lipinski definition) is 2. The summed E-state index contributed by atoms with van der Waals surface area (Å²) in [5.41, 5.74) is 2.40. The zero-order valence-corrected chi connectivity index (χ0v) is 16.6. The van der Waals surface area contributed by atoms with Gasteiger partial charge < -0.3 is 10.1 Å². The second-order valence-electron chi connectivity index (χ2n) is 7.51. The number of aryl methyl sites for hydroxylation is 1. The summed E-state index contributed by atoms with van der Waals surface area (Å²) in [6.45, 7) is 6.63. The molecular weight excluding hydrogens is 354 g/mol. The largest absolute Gasteiger partial charge is 0.487 e. The first-order valence-electron chi connectivity index (χ1n) is 9.06. The van der Waals surface area contributed by atoms with Crippen molar-refractivity contribution in [1.29, 1.82) is 0 Å². The third kappa shape index (κ3) is 4.88. The van der Waals surface area contributed by atoms with Gasteiger partial charge in [-0.3, -0.25) is 15.0 Å². The minimum Gasteiger partial charge on any atom is -0.487 e. The quantitative estimate of drug-likeness (QED) is 0.691. The maximum absolute atomic E-state index is 12.5. The number of anilines is 2. The van der Waals surface area contributed by atoms with E-state index in [0.717, 1.165) is 11.3 Å². The lowest BCUT2D eigenvalue weighted by atomic mass is 9.92. The van der Waals surface area contributed by atoms with Crippen molar-refractivity contribution < 1.29 is 9.53 Å². The van der Waals surface area contributed by atoms with Crippen LogP contribution in [0.2, 0.25) is 0 Å². The van der Waals surface area contributed by atoms with Gasteiger partial charge >= 0.3 is 6.03 Å². The Labute approximate surface area is 164 Å². The molecule has 2 heterocycles. The van der Waals surface area contributed by atoms with Crippen molar-refractivity contribution in [2.45, 2.75) is 32.8 Å². The van der Waals surface area contributed by atoms with Gasteiger partial charge in [0.15, 0.2) is 0 Å². The molecule has 2 amide bonds. The van der Waals surface area contributed by atoms with Gasteiger partial charge in [-0.1, -0.05) is 32.9 Å². The molecule has 0 unspecified atom stereocenters.